The summed E-state index contributed by atoms with van der Waals surface area (Å²) in [6.07, 6.45) is 7.48. The SMILES string of the molecule is O=C1N(Cc2nnc3ccccn23)CCCC12CCN(c1cnc3ccccc3n1)CC2. The fourth-order valence-corrected chi connectivity index (χ4v) is 5.20. The minimum absolute atomic E-state index is 0.265. The van der Waals surface area contributed by atoms with Gasteiger partial charge >= 0.3 is 0 Å². The van der Waals surface area contributed by atoms with Gasteiger partial charge in [-0.2, -0.15) is 0 Å². The van der Waals surface area contributed by atoms with Crippen LogP contribution in [-0.4, -0.2) is 55.0 Å². The highest BCUT2D eigenvalue weighted by Gasteiger charge is 2.46. The molecule has 0 N–H and O–H groups in total. The molecule has 2 fully saturated rings. The van der Waals surface area contributed by atoms with Gasteiger partial charge in [-0.3, -0.25) is 14.2 Å². The number of hydrogen-bond acceptors (Lipinski definition) is 6. The Labute approximate surface area is 185 Å². The molecule has 5 heterocycles. The number of amides is 1. The third-order valence-electron chi connectivity index (χ3n) is 7.02. The molecule has 0 unspecified atom stereocenters. The lowest BCUT2D eigenvalue weighted by Crippen LogP contribution is -2.53. The standard InChI is InChI=1S/C24H25N7O/c32-23-24(9-5-12-30(23)17-22-28-27-20-8-3-4-13-31(20)22)10-14-29(15-11-24)21-16-25-18-6-1-2-7-19(18)26-21/h1-4,6-8,13,16H,5,9-12,14-15,17H2. The highest BCUT2D eigenvalue weighted by molar-refractivity contribution is 5.84. The predicted octanol–water partition coefficient (Wildman–Crippen LogP) is 3.08. The number of pyridine rings is 1. The first kappa shape index (κ1) is 19.2. The van der Waals surface area contributed by atoms with E-state index in [0.29, 0.717) is 6.54 Å². The van der Waals surface area contributed by atoms with E-state index in [1.54, 1.807) is 0 Å². The highest BCUT2D eigenvalue weighted by Crippen LogP contribution is 2.42. The van der Waals surface area contributed by atoms with E-state index in [9.17, 15) is 4.79 Å². The number of hydrogen-bond donors (Lipinski definition) is 0. The fraction of sp³-hybridized carbons (Fsp3) is 0.375. The van der Waals surface area contributed by atoms with E-state index >= 15 is 0 Å². The van der Waals surface area contributed by atoms with E-state index in [1.165, 1.54) is 0 Å². The van der Waals surface area contributed by atoms with Gasteiger partial charge in [0.05, 0.1) is 29.2 Å². The zero-order valence-electron chi connectivity index (χ0n) is 17.9. The van der Waals surface area contributed by atoms with Gasteiger partial charge in [0, 0.05) is 25.8 Å². The Hall–Kier alpha value is -3.55. The maximum atomic E-state index is 13.6. The molecule has 2 aliphatic rings. The van der Waals surface area contributed by atoms with E-state index < -0.39 is 0 Å². The zero-order valence-corrected chi connectivity index (χ0v) is 17.9. The van der Waals surface area contributed by atoms with Crippen LogP contribution in [0.2, 0.25) is 0 Å². The van der Waals surface area contributed by atoms with Crippen molar-refractivity contribution in [1.82, 2.24) is 29.5 Å². The molecule has 0 radical (unpaired) electrons. The summed E-state index contributed by atoms with van der Waals surface area (Å²) in [6.45, 7) is 2.93. The lowest BCUT2D eigenvalue weighted by atomic mass is 9.71. The molecule has 3 aromatic heterocycles. The van der Waals surface area contributed by atoms with Crippen molar-refractivity contribution in [1.29, 1.82) is 0 Å². The molecule has 0 atom stereocenters. The molecule has 2 aliphatic heterocycles. The summed E-state index contributed by atoms with van der Waals surface area (Å²) in [7, 11) is 0. The average Bonchev–Trinajstić information content (AvgIpc) is 3.25. The van der Waals surface area contributed by atoms with Crippen molar-refractivity contribution in [3.8, 4) is 0 Å². The quantitative estimate of drug-likeness (QED) is 0.500. The molecule has 8 heteroatoms. The number of piperidine rings is 2. The fourth-order valence-electron chi connectivity index (χ4n) is 5.20. The molecule has 0 bridgehead atoms. The third-order valence-corrected chi connectivity index (χ3v) is 7.02. The summed E-state index contributed by atoms with van der Waals surface area (Å²) in [6, 6.07) is 13.8. The van der Waals surface area contributed by atoms with E-state index in [1.807, 2.05) is 64.2 Å². The minimum atomic E-state index is -0.278. The van der Waals surface area contributed by atoms with Crippen LogP contribution < -0.4 is 4.90 Å². The van der Waals surface area contributed by atoms with Crippen LogP contribution in [0.4, 0.5) is 5.82 Å². The van der Waals surface area contributed by atoms with Gasteiger partial charge in [-0.05, 0) is 49.9 Å². The zero-order chi connectivity index (χ0) is 21.5. The van der Waals surface area contributed by atoms with Crippen LogP contribution in [0.5, 0.6) is 0 Å². The van der Waals surface area contributed by atoms with Crippen molar-refractivity contribution in [3.05, 3.63) is 60.7 Å². The Balaban J connectivity index is 1.18. The molecule has 1 amide bonds. The summed E-state index contributed by atoms with van der Waals surface area (Å²) >= 11 is 0. The van der Waals surface area contributed by atoms with Crippen LogP contribution in [0, 0.1) is 5.41 Å². The number of likely N-dealkylation sites (tertiary alicyclic amines) is 1. The van der Waals surface area contributed by atoms with Crippen LogP contribution in [0.3, 0.4) is 0 Å². The first-order chi connectivity index (χ1) is 15.7. The Morgan fingerprint density at radius 2 is 1.72 bits per heavy atom. The highest BCUT2D eigenvalue weighted by atomic mass is 16.2. The van der Waals surface area contributed by atoms with E-state index in [4.69, 9.17) is 4.98 Å². The third kappa shape index (κ3) is 3.18. The second-order valence-electron chi connectivity index (χ2n) is 8.86. The molecule has 162 valence electrons. The van der Waals surface area contributed by atoms with Gasteiger partial charge in [0.1, 0.15) is 5.82 Å². The summed E-state index contributed by atoms with van der Waals surface area (Å²) < 4.78 is 1.97. The van der Waals surface area contributed by atoms with Crippen molar-refractivity contribution in [2.24, 2.45) is 5.41 Å². The molecule has 1 aromatic carbocycles. The molecule has 4 aromatic rings. The summed E-state index contributed by atoms with van der Waals surface area (Å²) in [4.78, 5) is 27.2. The predicted molar refractivity (Wildman–Crippen MR) is 121 cm³/mol. The van der Waals surface area contributed by atoms with Gasteiger partial charge < -0.3 is 9.80 Å². The Morgan fingerprint density at radius 1 is 0.906 bits per heavy atom. The number of anilines is 1. The van der Waals surface area contributed by atoms with Crippen LogP contribution in [-0.2, 0) is 11.3 Å². The largest absolute Gasteiger partial charge is 0.355 e. The van der Waals surface area contributed by atoms with Crippen LogP contribution >= 0.6 is 0 Å². The molecular weight excluding hydrogens is 402 g/mol. The van der Waals surface area contributed by atoms with Gasteiger partial charge in [0.15, 0.2) is 11.5 Å². The maximum absolute atomic E-state index is 13.6. The number of benzene rings is 1. The normalized spacial score (nSPS) is 18.7. The van der Waals surface area contributed by atoms with Crippen LogP contribution in [0.25, 0.3) is 16.7 Å². The number of fused-ring (bicyclic) bond motifs is 2. The van der Waals surface area contributed by atoms with Crippen molar-refractivity contribution < 1.29 is 4.79 Å². The first-order valence-electron chi connectivity index (χ1n) is 11.3. The maximum Gasteiger partial charge on any atom is 0.229 e. The number of rotatable bonds is 3. The summed E-state index contributed by atoms with van der Waals surface area (Å²) in [5, 5.41) is 8.56. The van der Waals surface area contributed by atoms with E-state index in [0.717, 1.165) is 73.6 Å². The van der Waals surface area contributed by atoms with Gasteiger partial charge in [0.25, 0.3) is 0 Å². The number of nitrogens with zero attached hydrogens (tertiary/aromatic N) is 7. The number of aromatic nitrogens is 5. The molecule has 32 heavy (non-hydrogen) atoms. The number of carbonyl (C=O) groups is 1. The van der Waals surface area contributed by atoms with Crippen molar-refractivity contribution in [2.75, 3.05) is 24.5 Å². The molecule has 8 nitrogen and oxygen atoms in total. The van der Waals surface area contributed by atoms with E-state index in [-0.39, 0.29) is 11.3 Å². The molecule has 6 rings (SSSR count). The van der Waals surface area contributed by atoms with Gasteiger partial charge in [-0.15, -0.1) is 10.2 Å². The van der Waals surface area contributed by atoms with Crippen molar-refractivity contribution >= 4 is 28.4 Å². The lowest BCUT2D eigenvalue weighted by Gasteiger charge is -2.46. The van der Waals surface area contributed by atoms with Crippen LogP contribution in [0.1, 0.15) is 31.5 Å². The molecule has 0 aliphatic carbocycles. The van der Waals surface area contributed by atoms with Crippen LogP contribution in [0.15, 0.2) is 54.9 Å². The smallest absolute Gasteiger partial charge is 0.229 e. The Morgan fingerprint density at radius 3 is 2.59 bits per heavy atom. The second-order valence-corrected chi connectivity index (χ2v) is 8.86. The van der Waals surface area contributed by atoms with Crippen molar-refractivity contribution in [3.63, 3.8) is 0 Å². The molecule has 0 saturated carbocycles. The van der Waals surface area contributed by atoms with E-state index in [2.05, 4.69) is 20.1 Å². The summed E-state index contributed by atoms with van der Waals surface area (Å²) in [5.74, 6) is 1.98. The average molecular weight is 428 g/mol. The monoisotopic (exact) mass is 427 g/mol. The first-order valence-corrected chi connectivity index (χ1v) is 11.3. The van der Waals surface area contributed by atoms with Gasteiger partial charge in [-0.1, -0.05) is 18.2 Å². The number of carbonyl (C=O) groups excluding carboxylic acids is 1. The topological polar surface area (TPSA) is 79.5 Å². The second kappa shape index (κ2) is 7.55. The lowest BCUT2D eigenvalue weighted by molar-refractivity contribution is -0.148. The van der Waals surface area contributed by atoms with Gasteiger partial charge in [0.2, 0.25) is 5.91 Å². The summed E-state index contributed by atoms with van der Waals surface area (Å²) in [5.41, 5.74) is 2.35. The molecule has 1 spiro atoms. The van der Waals surface area contributed by atoms with Gasteiger partial charge in [-0.25, -0.2) is 4.98 Å². The Bertz CT molecular complexity index is 1290. The number of para-hydroxylation sites is 2. The molecular formula is C24H25N7O. The van der Waals surface area contributed by atoms with Crippen molar-refractivity contribution in [2.45, 2.75) is 32.2 Å². The minimum Gasteiger partial charge on any atom is -0.355 e. The Kier molecular flexibility index (Phi) is 4.52. The molecule has 2 saturated heterocycles.